The predicted octanol–water partition coefficient (Wildman–Crippen LogP) is 3.00. The molecule has 2 rings (SSSR count). The number of amides is 1. The molecule has 1 aromatic carbocycles. The van der Waals surface area contributed by atoms with Crippen LogP contribution in [0.4, 0.5) is 4.79 Å². The lowest BCUT2D eigenvalue weighted by Crippen LogP contribution is -2.24. The van der Waals surface area contributed by atoms with Crippen LogP contribution in [-0.4, -0.2) is 15.8 Å². The first kappa shape index (κ1) is 10.5. The Hall–Kier alpha value is -1.04. The zero-order valence-corrected chi connectivity index (χ0v) is 9.71. The van der Waals surface area contributed by atoms with Crippen LogP contribution in [0.25, 0.3) is 10.9 Å². The molecule has 2 aromatic rings. The zero-order chi connectivity index (χ0) is 11.0. The second kappa shape index (κ2) is 3.84. The Labute approximate surface area is 98.5 Å². The second-order valence-corrected chi connectivity index (χ2v) is 4.25. The van der Waals surface area contributed by atoms with Crippen molar-refractivity contribution in [1.29, 1.82) is 0 Å². The van der Waals surface area contributed by atoms with Gasteiger partial charge in [0.1, 0.15) is 0 Å². The third kappa shape index (κ3) is 1.73. The summed E-state index contributed by atoms with van der Waals surface area (Å²) in [5.74, 6) is 0. The summed E-state index contributed by atoms with van der Waals surface area (Å²) in [6, 6.07) is 4.69. The molecule has 0 saturated heterocycles. The van der Waals surface area contributed by atoms with E-state index in [1.807, 2.05) is 0 Å². The molecule has 0 unspecified atom stereocenters. The van der Waals surface area contributed by atoms with Gasteiger partial charge in [0, 0.05) is 16.1 Å². The molecule has 0 spiro atoms. The van der Waals surface area contributed by atoms with Crippen LogP contribution in [-0.2, 0) is 0 Å². The Morgan fingerprint density at radius 3 is 2.93 bits per heavy atom. The largest absolute Gasteiger partial charge is 0.349 e. The molecule has 1 amide bonds. The number of nitrogens with zero attached hydrogens (tertiary/aromatic N) is 1. The maximum Gasteiger partial charge on any atom is 0.349 e. The summed E-state index contributed by atoms with van der Waals surface area (Å²) in [6.07, 6.45) is 1.45. The highest BCUT2D eigenvalue weighted by molar-refractivity contribution is 9.10. The van der Waals surface area contributed by atoms with Crippen LogP contribution in [0.5, 0.6) is 0 Å². The summed E-state index contributed by atoms with van der Waals surface area (Å²) in [6.45, 7) is 0. The van der Waals surface area contributed by atoms with Gasteiger partial charge in [0.25, 0.3) is 0 Å². The standard InChI is InChI=1S/C9H6BrClN2O2/c10-5-1-2-8-6(3-5)7(11)4-13(8)9(14)12-15/h1-4,15H,(H,12,14). The fraction of sp³-hybridized carbons (Fsp3) is 0. The molecule has 0 aliphatic heterocycles. The van der Waals surface area contributed by atoms with E-state index in [1.165, 1.54) is 10.8 Å². The summed E-state index contributed by atoms with van der Waals surface area (Å²) in [4.78, 5) is 11.3. The molecular weight excluding hydrogens is 283 g/mol. The van der Waals surface area contributed by atoms with E-state index in [2.05, 4.69) is 15.9 Å². The topological polar surface area (TPSA) is 54.3 Å². The first-order valence-corrected chi connectivity index (χ1v) is 5.21. The number of carbonyl (C=O) groups excluding carboxylic acids is 1. The number of aromatic nitrogens is 1. The highest BCUT2D eigenvalue weighted by Gasteiger charge is 2.11. The lowest BCUT2D eigenvalue weighted by molar-refractivity contribution is 0.163. The third-order valence-corrected chi connectivity index (χ3v) is 2.83. The van der Waals surface area contributed by atoms with E-state index in [4.69, 9.17) is 16.8 Å². The number of halogens is 2. The van der Waals surface area contributed by atoms with Crippen LogP contribution in [0, 0.1) is 0 Å². The molecular formula is C9H6BrClN2O2. The summed E-state index contributed by atoms with van der Waals surface area (Å²) in [5.41, 5.74) is 2.19. The first-order chi connectivity index (χ1) is 7.13. The van der Waals surface area contributed by atoms with E-state index in [0.29, 0.717) is 10.5 Å². The van der Waals surface area contributed by atoms with Crippen LogP contribution in [0.1, 0.15) is 0 Å². The van der Waals surface area contributed by atoms with E-state index in [0.717, 1.165) is 9.86 Å². The maximum absolute atomic E-state index is 11.3. The van der Waals surface area contributed by atoms with Crippen molar-refractivity contribution in [2.45, 2.75) is 0 Å². The van der Waals surface area contributed by atoms with Crippen molar-refractivity contribution in [2.75, 3.05) is 0 Å². The first-order valence-electron chi connectivity index (χ1n) is 4.04. The molecule has 78 valence electrons. The van der Waals surface area contributed by atoms with Gasteiger partial charge in [-0.1, -0.05) is 27.5 Å². The number of nitrogens with one attached hydrogen (secondary N) is 1. The van der Waals surface area contributed by atoms with E-state index in [9.17, 15) is 4.79 Å². The monoisotopic (exact) mass is 288 g/mol. The summed E-state index contributed by atoms with van der Waals surface area (Å²) >= 11 is 9.26. The second-order valence-electron chi connectivity index (χ2n) is 2.93. The van der Waals surface area contributed by atoms with Gasteiger partial charge in [-0.2, -0.15) is 0 Å². The molecule has 0 atom stereocenters. The molecule has 0 aliphatic carbocycles. The number of rotatable bonds is 0. The Morgan fingerprint density at radius 1 is 1.53 bits per heavy atom. The summed E-state index contributed by atoms with van der Waals surface area (Å²) in [7, 11) is 0. The number of benzene rings is 1. The van der Waals surface area contributed by atoms with E-state index < -0.39 is 6.03 Å². The van der Waals surface area contributed by atoms with E-state index in [-0.39, 0.29) is 0 Å². The summed E-state index contributed by atoms with van der Waals surface area (Å²) in [5, 5.41) is 9.74. The quantitative estimate of drug-likeness (QED) is 0.578. The number of hydroxylamine groups is 1. The van der Waals surface area contributed by atoms with Gasteiger partial charge in [0.15, 0.2) is 0 Å². The number of carbonyl (C=O) groups is 1. The van der Waals surface area contributed by atoms with Gasteiger partial charge < -0.3 is 0 Å². The minimum absolute atomic E-state index is 0.454. The smallest absolute Gasteiger partial charge is 0.287 e. The maximum atomic E-state index is 11.3. The van der Waals surface area contributed by atoms with Crippen molar-refractivity contribution in [3.63, 3.8) is 0 Å². The Bertz CT molecular complexity index is 538. The minimum atomic E-state index is -0.644. The molecule has 0 radical (unpaired) electrons. The molecule has 0 bridgehead atoms. The highest BCUT2D eigenvalue weighted by atomic mass is 79.9. The average Bonchev–Trinajstić information content (AvgIpc) is 2.55. The molecule has 2 N–H and O–H groups in total. The third-order valence-electron chi connectivity index (χ3n) is 2.03. The van der Waals surface area contributed by atoms with Crippen molar-refractivity contribution in [2.24, 2.45) is 0 Å². The number of hydrogen-bond donors (Lipinski definition) is 2. The van der Waals surface area contributed by atoms with E-state index in [1.54, 1.807) is 23.7 Å². The minimum Gasteiger partial charge on any atom is -0.287 e. The fourth-order valence-electron chi connectivity index (χ4n) is 1.38. The van der Waals surface area contributed by atoms with Gasteiger partial charge in [-0.25, -0.2) is 10.3 Å². The van der Waals surface area contributed by atoms with Gasteiger partial charge in [-0.05, 0) is 18.2 Å². The molecule has 6 heteroatoms. The molecule has 0 saturated carbocycles. The molecule has 15 heavy (non-hydrogen) atoms. The van der Waals surface area contributed by atoms with E-state index >= 15 is 0 Å². The zero-order valence-electron chi connectivity index (χ0n) is 7.37. The molecule has 4 nitrogen and oxygen atoms in total. The number of fused-ring (bicyclic) bond motifs is 1. The Kier molecular flexibility index (Phi) is 2.68. The summed E-state index contributed by atoms with van der Waals surface area (Å²) < 4.78 is 2.11. The van der Waals surface area contributed by atoms with Gasteiger partial charge in [-0.15, -0.1) is 0 Å². The number of hydrogen-bond acceptors (Lipinski definition) is 2. The fourth-order valence-corrected chi connectivity index (χ4v) is 1.99. The van der Waals surface area contributed by atoms with Gasteiger partial charge in [0.2, 0.25) is 0 Å². The molecule has 0 fully saturated rings. The van der Waals surface area contributed by atoms with Crippen molar-refractivity contribution in [3.8, 4) is 0 Å². The Morgan fingerprint density at radius 2 is 2.27 bits per heavy atom. The SMILES string of the molecule is O=C(NO)n1cc(Cl)c2cc(Br)ccc21. The molecule has 1 aromatic heterocycles. The molecule has 0 aliphatic rings. The van der Waals surface area contributed by atoms with Crippen LogP contribution < -0.4 is 5.48 Å². The van der Waals surface area contributed by atoms with Crippen molar-refractivity contribution in [1.82, 2.24) is 10.0 Å². The lowest BCUT2D eigenvalue weighted by atomic mass is 10.2. The van der Waals surface area contributed by atoms with Crippen molar-refractivity contribution >= 4 is 44.5 Å². The Balaban J connectivity index is 2.73. The van der Waals surface area contributed by atoms with Crippen molar-refractivity contribution in [3.05, 3.63) is 33.9 Å². The predicted molar refractivity (Wildman–Crippen MR) is 60.4 cm³/mol. The van der Waals surface area contributed by atoms with Crippen LogP contribution >= 0.6 is 27.5 Å². The normalized spacial score (nSPS) is 10.6. The highest BCUT2D eigenvalue weighted by Crippen LogP contribution is 2.28. The average molecular weight is 290 g/mol. The van der Waals surface area contributed by atoms with Crippen molar-refractivity contribution < 1.29 is 10.0 Å². The molecule has 1 heterocycles. The van der Waals surface area contributed by atoms with Gasteiger partial charge in [-0.3, -0.25) is 9.77 Å². The lowest BCUT2D eigenvalue weighted by Gasteiger charge is -2.00. The van der Waals surface area contributed by atoms with Gasteiger partial charge >= 0.3 is 6.03 Å². The van der Waals surface area contributed by atoms with Crippen LogP contribution in [0.2, 0.25) is 5.02 Å². The van der Waals surface area contributed by atoms with Crippen LogP contribution in [0.3, 0.4) is 0 Å². The van der Waals surface area contributed by atoms with Gasteiger partial charge in [0.05, 0.1) is 10.5 Å². The van der Waals surface area contributed by atoms with Crippen LogP contribution in [0.15, 0.2) is 28.9 Å².